The zero-order valence-corrected chi connectivity index (χ0v) is 10.4. The lowest BCUT2D eigenvalue weighted by Gasteiger charge is -2.26. The van der Waals surface area contributed by atoms with Crippen LogP contribution in [0.3, 0.4) is 0 Å². The number of amides is 1. The van der Waals surface area contributed by atoms with E-state index >= 15 is 0 Å². The Labute approximate surface area is 103 Å². The average Bonchev–Trinajstić information content (AvgIpc) is 2.99. The number of nitrogens with one attached hydrogen (secondary N) is 3. The second kappa shape index (κ2) is 4.94. The second-order valence-corrected chi connectivity index (χ2v) is 5.89. The number of carbonyl (C=O) groups excluding carboxylic acids is 1. The van der Waals surface area contributed by atoms with E-state index in [9.17, 15) is 4.79 Å². The van der Waals surface area contributed by atoms with Gasteiger partial charge in [0.2, 0.25) is 5.91 Å². The van der Waals surface area contributed by atoms with Crippen molar-refractivity contribution >= 4 is 5.91 Å². The van der Waals surface area contributed by atoms with Crippen LogP contribution in [0.25, 0.3) is 0 Å². The molecule has 3 rings (SSSR count). The van der Waals surface area contributed by atoms with Crippen molar-refractivity contribution in [3.63, 3.8) is 0 Å². The molecule has 1 amide bonds. The standard InChI is InChI=1S/C13H23N3O/c17-13(12-8-14-3-4-15-12)16-7-11-6-9-1-2-10(11)5-9/h9-12,14-15H,1-8H2,(H,16,17). The van der Waals surface area contributed by atoms with E-state index in [1.807, 2.05) is 0 Å². The van der Waals surface area contributed by atoms with Crippen LogP contribution in [-0.2, 0) is 4.79 Å². The van der Waals surface area contributed by atoms with E-state index in [1.165, 1.54) is 25.7 Å². The first-order chi connectivity index (χ1) is 8.33. The van der Waals surface area contributed by atoms with Crippen LogP contribution < -0.4 is 16.0 Å². The Morgan fingerprint density at radius 1 is 1.24 bits per heavy atom. The van der Waals surface area contributed by atoms with Crippen molar-refractivity contribution in [2.24, 2.45) is 17.8 Å². The van der Waals surface area contributed by atoms with Crippen LogP contribution in [0.15, 0.2) is 0 Å². The van der Waals surface area contributed by atoms with E-state index < -0.39 is 0 Å². The highest BCUT2D eigenvalue weighted by Gasteiger charge is 2.39. The lowest BCUT2D eigenvalue weighted by molar-refractivity contribution is -0.123. The molecule has 17 heavy (non-hydrogen) atoms. The molecular formula is C13H23N3O. The zero-order chi connectivity index (χ0) is 11.7. The van der Waals surface area contributed by atoms with Crippen molar-refractivity contribution in [1.82, 2.24) is 16.0 Å². The maximum absolute atomic E-state index is 11.9. The van der Waals surface area contributed by atoms with E-state index in [0.717, 1.165) is 43.9 Å². The van der Waals surface area contributed by atoms with E-state index in [1.54, 1.807) is 0 Å². The van der Waals surface area contributed by atoms with Gasteiger partial charge in [0.05, 0.1) is 6.04 Å². The average molecular weight is 237 g/mol. The molecule has 0 radical (unpaired) electrons. The van der Waals surface area contributed by atoms with Crippen molar-refractivity contribution in [1.29, 1.82) is 0 Å². The third-order valence-corrected chi connectivity index (χ3v) is 4.78. The monoisotopic (exact) mass is 237 g/mol. The van der Waals surface area contributed by atoms with Crippen LogP contribution >= 0.6 is 0 Å². The molecule has 0 spiro atoms. The van der Waals surface area contributed by atoms with Gasteiger partial charge in [0.25, 0.3) is 0 Å². The van der Waals surface area contributed by atoms with E-state index in [2.05, 4.69) is 16.0 Å². The first kappa shape index (κ1) is 11.5. The molecule has 1 heterocycles. The number of rotatable bonds is 3. The van der Waals surface area contributed by atoms with Gasteiger partial charge >= 0.3 is 0 Å². The third-order valence-electron chi connectivity index (χ3n) is 4.78. The summed E-state index contributed by atoms with van der Waals surface area (Å²) in [5.41, 5.74) is 0. The van der Waals surface area contributed by atoms with E-state index in [4.69, 9.17) is 0 Å². The highest BCUT2D eigenvalue weighted by atomic mass is 16.2. The summed E-state index contributed by atoms with van der Waals surface area (Å²) >= 11 is 0. The van der Waals surface area contributed by atoms with Gasteiger partial charge < -0.3 is 16.0 Å². The lowest BCUT2D eigenvalue weighted by atomic mass is 9.89. The molecule has 4 nitrogen and oxygen atoms in total. The normalized spacial score (nSPS) is 40.5. The number of fused-ring (bicyclic) bond motifs is 2. The van der Waals surface area contributed by atoms with Crippen molar-refractivity contribution in [3.05, 3.63) is 0 Å². The maximum atomic E-state index is 11.9. The van der Waals surface area contributed by atoms with Crippen molar-refractivity contribution < 1.29 is 4.79 Å². The van der Waals surface area contributed by atoms with Crippen LogP contribution in [0.5, 0.6) is 0 Å². The molecule has 3 fully saturated rings. The molecule has 1 saturated heterocycles. The fourth-order valence-electron chi connectivity index (χ4n) is 3.82. The SMILES string of the molecule is O=C(NCC1CC2CCC1C2)C1CNCCN1. The maximum Gasteiger partial charge on any atom is 0.238 e. The molecule has 1 aliphatic heterocycles. The van der Waals surface area contributed by atoms with Gasteiger partial charge in [-0.25, -0.2) is 0 Å². The molecule has 0 aromatic heterocycles. The van der Waals surface area contributed by atoms with Crippen molar-refractivity contribution in [2.45, 2.75) is 31.7 Å². The summed E-state index contributed by atoms with van der Waals surface area (Å²) in [7, 11) is 0. The molecule has 3 N–H and O–H groups in total. The van der Waals surface area contributed by atoms with Gasteiger partial charge in [-0.15, -0.1) is 0 Å². The van der Waals surface area contributed by atoms with E-state index in [0.29, 0.717) is 0 Å². The Balaban J connectivity index is 1.43. The summed E-state index contributed by atoms with van der Waals surface area (Å²) in [6.45, 7) is 3.53. The Morgan fingerprint density at radius 3 is 2.82 bits per heavy atom. The van der Waals surface area contributed by atoms with Crippen LogP contribution in [-0.4, -0.2) is 38.1 Å². The highest BCUT2D eigenvalue weighted by Crippen LogP contribution is 2.47. The first-order valence-corrected chi connectivity index (χ1v) is 7.05. The fraction of sp³-hybridized carbons (Fsp3) is 0.923. The number of carbonyl (C=O) groups is 1. The minimum absolute atomic E-state index is 0.0256. The predicted octanol–water partition coefficient (Wildman–Crippen LogP) is 0.100. The Morgan fingerprint density at radius 2 is 2.18 bits per heavy atom. The third kappa shape index (κ3) is 2.47. The minimum Gasteiger partial charge on any atom is -0.354 e. The van der Waals surface area contributed by atoms with Gasteiger partial charge in [-0.3, -0.25) is 4.79 Å². The Kier molecular flexibility index (Phi) is 3.34. The zero-order valence-electron chi connectivity index (χ0n) is 10.4. The molecule has 4 unspecified atom stereocenters. The summed E-state index contributed by atoms with van der Waals surface area (Å²) in [4.78, 5) is 11.9. The molecule has 3 aliphatic rings. The first-order valence-electron chi connectivity index (χ1n) is 7.05. The number of hydrogen-bond acceptors (Lipinski definition) is 3. The Hall–Kier alpha value is -0.610. The fourth-order valence-corrected chi connectivity index (χ4v) is 3.82. The summed E-state index contributed by atoms with van der Waals surface area (Å²) in [5.74, 6) is 2.81. The van der Waals surface area contributed by atoms with Crippen LogP contribution in [0.2, 0.25) is 0 Å². The van der Waals surface area contributed by atoms with Gasteiger partial charge in [-0.05, 0) is 37.0 Å². The van der Waals surface area contributed by atoms with Crippen LogP contribution in [0.1, 0.15) is 25.7 Å². The molecule has 2 bridgehead atoms. The lowest BCUT2D eigenvalue weighted by Crippen LogP contribution is -2.56. The molecule has 4 heteroatoms. The van der Waals surface area contributed by atoms with Gasteiger partial charge in [0.1, 0.15) is 0 Å². The quantitative estimate of drug-likeness (QED) is 0.652. The highest BCUT2D eigenvalue weighted by molar-refractivity contribution is 5.82. The summed E-state index contributed by atoms with van der Waals surface area (Å²) in [6.07, 6.45) is 5.60. The predicted molar refractivity (Wildman–Crippen MR) is 66.6 cm³/mol. The van der Waals surface area contributed by atoms with Gasteiger partial charge in [-0.1, -0.05) is 6.42 Å². The molecule has 0 aromatic rings. The minimum atomic E-state index is -0.0256. The van der Waals surface area contributed by atoms with Crippen LogP contribution in [0, 0.1) is 17.8 Å². The summed E-state index contributed by atoms with van der Waals surface area (Å²) in [5, 5.41) is 9.64. The Bertz CT molecular complexity index is 288. The molecule has 0 aromatic carbocycles. The second-order valence-electron chi connectivity index (χ2n) is 5.89. The summed E-state index contributed by atoms with van der Waals surface area (Å²) < 4.78 is 0. The van der Waals surface area contributed by atoms with Gasteiger partial charge in [-0.2, -0.15) is 0 Å². The van der Waals surface area contributed by atoms with Crippen molar-refractivity contribution in [2.75, 3.05) is 26.2 Å². The molecular weight excluding hydrogens is 214 g/mol. The van der Waals surface area contributed by atoms with Crippen LogP contribution in [0.4, 0.5) is 0 Å². The molecule has 2 saturated carbocycles. The topological polar surface area (TPSA) is 53.2 Å². The molecule has 96 valence electrons. The number of hydrogen-bond donors (Lipinski definition) is 3. The largest absolute Gasteiger partial charge is 0.354 e. The van der Waals surface area contributed by atoms with Crippen molar-refractivity contribution in [3.8, 4) is 0 Å². The van der Waals surface area contributed by atoms with Gasteiger partial charge in [0, 0.05) is 26.2 Å². The smallest absolute Gasteiger partial charge is 0.238 e. The number of piperazine rings is 1. The van der Waals surface area contributed by atoms with E-state index in [-0.39, 0.29) is 11.9 Å². The molecule has 4 atom stereocenters. The summed E-state index contributed by atoms with van der Waals surface area (Å²) in [6, 6.07) is -0.0256. The molecule has 2 aliphatic carbocycles. The van der Waals surface area contributed by atoms with Gasteiger partial charge in [0.15, 0.2) is 0 Å².